The molecule has 1 aliphatic heterocycles. The van der Waals surface area contributed by atoms with Crippen LogP contribution < -0.4 is 15.4 Å². The minimum atomic E-state index is -0.331. The van der Waals surface area contributed by atoms with Crippen LogP contribution in [0.1, 0.15) is 35.3 Å². The maximum absolute atomic E-state index is 14.7. The highest BCUT2D eigenvalue weighted by atomic mass is 35.5. The number of benzene rings is 2. The van der Waals surface area contributed by atoms with Gasteiger partial charge in [-0.1, -0.05) is 19.9 Å². The molecule has 0 atom stereocenters. The Balaban J connectivity index is 0.00000225. The van der Waals surface area contributed by atoms with Gasteiger partial charge in [0.25, 0.3) is 5.91 Å². The van der Waals surface area contributed by atoms with E-state index in [4.69, 9.17) is 4.74 Å². The Bertz CT molecular complexity index is 815. The molecule has 0 saturated carbocycles. The van der Waals surface area contributed by atoms with Gasteiger partial charge in [0.05, 0.1) is 5.69 Å². The molecule has 3 rings (SSSR count). The summed E-state index contributed by atoms with van der Waals surface area (Å²) >= 11 is 0. The lowest BCUT2D eigenvalue weighted by Gasteiger charge is -2.19. The van der Waals surface area contributed by atoms with Crippen LogP contribution >= 0.6 is 24.8 Å². The molecular formula is C22H30Cl2FN3O2. The van der Waals surface area contributed by atoms with Crippen LogP contribution in [-0.2, 0) is 13.0 Å². The van der Waals surface area contributed by atoms with Crippen molar-refractivity contribution in [2.45, 2.75) is 26.8 Å². The molecule has 0 saturated heterocycles. The first-order valence-electron chi connectivity index (χ1n) is 9.90. The zero-order valence-electron chi connectivity index (χ0n) is 17.4. The monoisotopic (exact) mass is 457 g/mol. The second-order valence-electron chi connectivity index (χ2n) is 6.85. The summed E-state index contributed by atoms with van der Waals surface area (Å²) in [6.07, 6.45) is 0.629. The van der Waals surface area contributed by atoms with Crippen molar-refractivity contribution < 1.29 is 13.9 Å². The fourth-order valence-corrected chi connectivity index (χ4v) is 3.36. The SMILES string of the molecule is CCN(CC)CCOc1ccc(C(=O)Nc2ccc3c(c2F)CCNC3)cc1.Cl.Cl. The fourth-order valence-electron chi connectivity index (χ4n) is 3.36. The third kappa shape index (κ3) is 6.57. The van der Waals surface area contributed by atoms with Gasteiger partial charge < -0.3 is 20.3 Å². The van der Waals surface area contributed by atoms with Crippen LogP contribution in [0.5, 0.6) is 5.75 Å². The van der Waals surface area contributed by atoms with Crippen LogP contribution in [0.4, 0.5) is 10.1 Å². The zero-order valence-corrected chi connectivity index (χ0v) is 19.0. The standard InChI is InChI=1S/C22H28FN3O2.2ClH/c1-3-26(4-2)13-14-28-18-8-5-16(6-9-18)22(27)25-20-10-7-17-15-24-12-11-19(17)21(20)23;;/h5-10,24H,3-4,11-15H2,1-2H3,(H,25,27);2*1H. The summed E-state index contributed by atoms with van der Waals surface area (Å²) in [7, 11) is 0. The molecule has 1 heterocycles. The van der Waals surface area contributed by atoms with Crippen molar-refractivity contribution in [3.05, 3.63) is 58.9 Å². The van der Waals surface area contributed by atoms with Gasteiger partial charge in [-0.3, -0.25) is 4.79 Å². The van der Waals surface area contributed by atoms with Crippen LogP contribution in [0, 0.1) is 5.82 Å². The van der Waals surface area contributed by atoms with E-state index in [1.165, 1.54) is 0 Å². The first-order valence-corrected chi connectivity index (χ1v) is 9.90. The van der Waals surface area contributed by atoms with Crippen molar-refractivity contribution >= 4 is 36.4 Å². The van der Waals surface area contributed by atoms with Crippen LogP contribution in [0.2, 0.25) is 0 Å². The number of carbonyl (C=O) groups is 1. The van der Waals surface area contributed by atoms with E-state index in [0.29, 0.717) is 30.7 Å². The summed E-state index contributed by atoms with van der Waals surface area (Å²) in [5.41, 5.74) is 2.33. The maximum atomic E-state index is 14.7. The zero-order chi connectivity index (χ0) is 19.9. The van der Waals surface area contributed by atoms with Crippen LogP contribution in [-0.4, -0.2) is 43.6 Å². The molecule has 0 bridgehead atoms. The molecule has 0 unspecified atom stereocenters. The molecule has 2 aromatic carbocycles. The Hall–Kier alpha value is -1.86. The summed E-state index contributed by atoms with van der Waals surface area (Å²) in [6.45, 7) is 9.11. The number of halogens is 3. The van der Waals surface area contributed by atoms with E-state index in [2.05, 4.69) is 29.4 Å². The van der Waals surface area contributed by atoms with Gasteiger partial charge in [0.1, 0.15) is 18.2 Å². The van der Waals surface area contributed by atoms with E-state index in [-0.39, 0.29) is 42.2 Å². The number of hydrogen-bond donors (Lipinski definition) is 2. The van der Waals surface area contributed by atoms with Gasteiger partial charge in [0.2, 0.25) is 0 Å². The first kappa shape index (κ1) is 26.2. The number of ether oxygens (including phenoxy) is 1. The lowest BCUT2D eigenvalue weighted by molar-refractivity contribution is 0.102. The minimum absolute atomic E-state index is 0. The Morgan fingerprint density at radius 1 is 1.13 bits per heavy atom. The molecule has 0 aromatic heterocycles. The molecule has 30 heavy (non-hydrogen) atoms. The summed E-state index contributed by atoms with van der Waals surface area (Å²) in [6, 6.07) is 10.4. The van der Waals surface area contributed by atoms with Gasteiger partial charge in [-0.05, 0) is 67.5 Å². The minimum Gasteiger partial charge on any atom is -0.492 e. The quantitative estimate of drug-likeness (QED) is 0.620. The number of nitrogens with one attached hydrogen (secondary N) is 2. The number of hydrogen-bond acceptors (Lipinski definition) is 4. The summed E-state index contributed by atoms with van der Waals surface area (Å²) in [5.74, 6) is 0.0577. The Labute approximate surface area is 190 Å². The number of fused-ring (bicyclic) bond motifs is 1. The first-order chi connectivity index (χ1) is 13.6. The van der Waals surface area contributed by atoms with Crippen LogP contribution in [0.3, 0.4) is 0 Å². The van der Waals surface area contributed by atoms with E-state index in [1.54, 1.807) is 30.3 Å². The second kappa shape index (κ2) is 12.7. The molecule has 5 nitrogen and oxygen atoms in total. The largest absolute Gasteiger partial charge is 0.492 e. The van der Waals surface area contributed by atoms with E-state index in [0.717, 1.165) is 37.5 Å². The fraction of sp³-hybridized carbons (Fsp3) is 0.409. The van der Waals surface area contributed by atoms with Gasteiger partial charge >= 0.3 is 0 Å². The molecule has 166 valence electrons. The highest BCUT2D eigenvalue weighted by Gasteiger charge is 2.18. The molecule has 2 aromatic rings. The maximum Gasteiger partial charge on any atom is 0.255 e. The van der Waals surface area contributed by atoms with E-state index < -0.39 is 0 Å². The molecule has 0 spiro atoms. The molecule has 0 radical (unpaired) electrons. The number of carbonyl (C=O) groups excluding carboxylic acids is 1. The molecular weight excluding hydrogens is 428 g/mol. The van der Waals surface area contributed by atoms with Crippen molar-refractivity contribution in [1.82, 2.24) is 10.2 Å². The summed E-state index contributed by atoms with van der Waals surface area (Å²) < 4.78 is 20.4. The van der Waals surface area contributed by atoms with Gasteiger partial charge in [0, 0.05) is 18.7 Å². The van der Waals surface area contributed by atoms with Gasteiger partial charge in [-0.2, -0.15) is 0 Å². The Kier molecular flexibility index (Phi) is 11.1. The van der Waals surface area contributed by atoms with Crippen LogP contribution in [0.15, 0.2) is 36.4 Å². The molecule has 0 aliphatic carbocycles. The van der Waals surface area contributed by atoms with Gasteiger partial charge in [0.15, 0.2) is 0 Å². The molecule has 1 aliphatic rings. The number of rotatable bonds is 8. The van der Waals surface area contributed by atoms with Crippen molar-refractivity contribution in [3.63, 3.8) is 0 Å². The summed E-state index contributed by atoms with van der Waals surface area (Å²) in [5, 5.41) is 5.91. The highest BCUT2D eigenvalue weighted by Crippen LogP contribution is 2.25. The Morgan fingerprint density at radius 3 is 2.50 bits per heavy atom. The molecule has 8 heteroatoms. The predicted octanol–water partition coefficient (Wildman–Crippen LogP) is 4.29. The summed E-state index contributed by atoms with van der Waals surface area (Å²) in [4.78, 5) is 14.8. The number of likely N-dealkylation sites (N-methyl/N-ethyl adjacent to an activating group) is 1. The molecule has 2 N–H and O–H groups in total. The number of anilines is 1. The van der Waals surface area contributed by atoms with E-state index in [9.17, 15) is 9.18 Å². The average Bonchev–Trinajstić information content (AvgIpc) is 2.74. The lowest BCUT2D eigenvalue weighted by Crippen LogP contribution is -2.27. The average molecular weight is 458 g/mol. The van der Waals surface area contributed by atoms with Crippen LogP contribution in [0.25, 0.3) is 0 Å². The lowest BCUT2D eigenvalue weighted by atomic mass is 9.99. The highest BCUT2D eigenvalue weighted by molar-refractivity contribution is 6.04. The third-order valence-electron chi connectivity index (χ3n) is 5.14. The number of amides is 1. The topological polar surface area (TPSA) is 53.6 Å². The normalized spacial score (nSPS) is 12.4. The smallest absolute Gasteiger partial charge is 0.255 e. The Morgan fingerprint density at radius 2 is 1.83 bits per heavy atom. The van der Waals surface area contributed by atoms with Gasteiger partial charge in [-0.25, -0.2) is 4.39 Å². The number of nitrogens with zero attached hydrogens (tertiary/aromatic N) is 1. The van der Waals surface area contributed by atoms with E-state index >= 15 is 0 Å². The van der Waals surface area contributed by atoms with Crippen molar-refractivity contribution in [3.8, 4) is 5.75 Å². The van der Waals surface area contributed by atoms with Gasteiger partial charge in [-0.15, -0.1) is 24.8 Å². The predicted molar refractivity (Wildman–Crippen MR) is 124 cm³/mol. The molecule has 0 fully saturated rings. The van der Waals surface area contributed by atoms with E-state index in [1.807, 2.05) is 6.07 Å². The second-order valence-corrected chi connectivity index (χ2v) is 6.85. The van der Waals surface area contributed by atoms with Crippen molar-refractivity contribution in [1.29, 1.82) is 0 Å². The van der Waals surface area contributed by atoms with Crippen molar-refractivity contribution in [2.24, 2.45) is 0 Å². The third-order valence-corrected chi connectivity index (χ3v) is 5.14. The molecule has 1 amide bonds. The van der Waals surface area contributed by atoms with Crippen molar-refractivity contribution in [2.75, 3.05) is 38.1 Å².